The number of carbonyl (C=O) groups excluding carboxylic acids is 2. The van der Waals surface area contributed by atoms with Crippen LogP contribution in [0.15, 0.2) is 78.9 Å². The SMILES string of the molecule is O=C(CN(CCc1ccccc1)C(=O)c1ccc(Cl)cc1)N1CCc2ccccc2C1. The average molecular weight is 433 g/mol. The van der Waals surface area contributed by atoms with E-state index < -0.39 is 0 Å². The van der Waals surface area contributed by atoms with Crippen LogP contribution in [0.4, 0.5) is 0 Å². The van der Waals surface area contributed by atoms with Gasteiger partial charge in [0, 0.05) is 30.2 Å². The van der Waals surface area contributed by atoms with Gasteiger partial charge in [-0.05, 0) is 53.8 Å². The topological polar surface area (TPSA) is 40.6 Å². The third-order valence-corrected chi connectivity index (χ3v) is 5.95. The van der Waals surface area contributed by atoms with E-state index in [4.69, 9.17) is 11.6 Å². The molecule has 3 aromatic rings. The van der Waals surface area contributed by atoms with Gasteiger partial charge in [0.25, 0.3) is 5.91 Å². The number of hydrogen-bond acceptors (Lipinski definition) is 2. The second-order valence-electron chi connectivity index (χ2n) is 7.80. The third-order valence-electron chi connectivity index (χ3n) is 5.70. The Morgan fingerprint density at radius 2 is 1.55 bits per heavy atom. The fourth-order valence-corrected chi connectivity index (χ4v) is 4.03. The van der Waals surface area contributed by atoms with Gasteiger partial charge in [-0.2, -0.15) is 0 Å². The maximum atomic E-state index is 13.2. The maximum Gasteiger partial charge on any atom is 0.254 e. The maximum absolute atomic E-state index is 13.2. The van der Waals surface area contributed by atoms with Crippen molar-refractivity contribution in [3.63, 3.8) is 0 Å². The highest BCUT2D eigenvalue weighted by atomic mass is 35.5. The van der Waals surface area contributed by atoms with E-state index in [-0.39, 0.29) is 18.4 Å². The van der Waals surface area contributed by atoms with Gasteiger partial charge in [-0.25, -0.2) is 0 Å². The zero-order valence-electron chi connectivity index (χ0n) is 17.3. The van der Waals surface area contributed by atoms with E-state index >= 15 is 0 Å². The molecule has 2 amide bonds. The standard InChI is InChI=1S/C26H25ClN2O2/c27-24-12-10-22(11-13-24)26(31)29(16-14-20-6-2-1-3-7-20)19-25(30)28-17-15-21-8-4-5-9-23(21)18-28/h1-13H,14-19H2. The molecule has 4 rings (SSSR count). The summed E-state index contributed by atoms with van der Waals surface area (Å²) in [7, 11) is 0. The molecule has 5 heteroatoms. The second kappa shape index (κ2) is 9.80. The zero-order chi connectivity index (χ0) is 21.6. The van der Waals surface area contributed by atoms with Crippen LogP contribution in [0.5, 0.6) is 0 Å². The predicted molar refractivity (Wildman–Crippen MR) is 123 cm³/mol. The Morgan fingerprint density at radius 1 is 0.871 bits per heavy atom. The van der Waals surface area contributed by atoms with Gasteiger partial charge in [0.2, 0.25) is 5.91 Å². The molecule has 31 heavy (non-hydrogen) atoms. The summed E-state index contributed by atoms with van der Waals surface area (Å²) in [4.78, 5) is 29.8. The third kappa shape index (κ3) is 5.33. The van der Waals surface area contributed by atoms with Gasteiger partial charge >= 0.3 is 0 Å². The minimum atomic E-state index is -0.154. The van der Waals surface area contributed by atoms with Crippen molar-refractivity contribution in [2.45, 2.75) is 19.4 Å². The van der Waals surface area contributed by atoms with Crippen LogP contribution in [0.25, 0.3) is 0 Å². The van der Waals surface area contributed by atoms with Gasteiger partial charge < -0.3 is 9.80 Å². The lowest BCUT2D eigenvalue weighted by molar-refractivity contribution is -0.132. The molecular formula is C26H25ClN2O2. The molecule has 1 aliphatic heterocycles. The summed E-state index contributed by atoms with van der Waals surface area (Å²) < 4.78 is 0. The van der Waals surface area contributed by atoms with E-state index in [1.165, 1.54) is 11.1 Å². The van der Waals surface area contributed by atoms with Crippen LogP contribution >= 0.6 is 11.6 Å². The van der Waals surface area contributed by atoms with Crippen molar-refractivity contribution in [2.24, 2.45) is 0 Å². The molecule has 0 aliphatic carbocycles. The highest BCUT2D eigenvalue weighted by Crippen LogP contribution is 2.19. The molecule has 0 aromatic heterocycles. The Hall–Kier alpha value is -3.11. The summed E-state index contributed by atoms with van der Waals surface area (Å²) in [5.74, 6) is -0.178. The second-order valence-corrected chi connectivity index (χ2v) is 8.24. The lowest BCUT2D eigenvalue weighted by Crippen LogP contribution is -2.45. The number of nitrogens with zero attached hydrogens (tertiary/aromatic N) is 2. The summed E-state index contributed by atoms with van der Waals surface area (Å²) in [5, 5.41) is 0.579. The number of benzene rings is 3. The molecule has 0 saturated carbocycles. The largest absolute Gasteiger partial charge is 0.336 e. The first-order valence-electron chi connectivity index (χ1n) is 10.5. The Balaban J connectivity index is 1.48. The molecular weight excluding hydrogens is 408 g/mol. The number of fused-ring (bicyclic) bond motifs is 1. The van der Waals surface area contributed by atoms with Crippen LogP contribution in [0.2, 0.25) is 5.02 Å². The molecule has 1 heterocycles. The predicted octanol–water partition coefficient (Wildman–Crippen LogP) is 4.61. The van der Waals surface area contributed by atoms with E-state index in [2.05, 4.69) is 12.1 Å². The van der Waals surface area contributed by atoms with E-state index in [9.17, 15) is 9.59 Å². The van der Waals surface area contributed by atoms with Crippen LogP contribution in [0, 0.1) is 0 Å². The molecule has 0 saturated heterocycles. The minimum Gasteiger partial charge on any atom is -0.336 e. The molecule has 0 atom stereocenters. The molecule has 0 fully saturated rings. The fourth-order valence-electron chi connectivity index (χ4n) is 3.91. The zero-order valence-corrected chi connectivity index (χ0v) is 18.1. The normalized spacial score (nSPS) is 12.9. The molecule has 0 bridgehead atoms. The summed E-state index contributed by atoms with van der Waals surface area (Å²) in [6, 6.07) is 25.1. The van der Waals surface area contributed by atoms with Crippen molar-refractivity contribution >= 4 is 23.4 Å². The van der Waals surface area contributed by atoms with E-state index in [1.807, 2.05) is 47.4 Å². The average Bonchev–Trinajstić information content (AvgIpc) is 2.82. The van der Waals surface area contributed by atoms with Crippen molar-refractivity contribution in [3.8, 4) is 0 Å². The molecule has 3 aromatic carbocycles. The monoisotopic (exact) mass is 432 g/mol. The molecule has 0 unspecified atom stereocenters. The number of halogens is 1. The first kappa shape index (κ1) is 21.1. The molecule has 1 aliphatic rings. The lowest BCUT2D eigenvalue weighted by atomic mass is 10.00. The Labute approximate surface area is 188 Å². The Kier molecular flexibility index (Phi) is 6.68. The molecule has 0 N–H and O–H groups in total. The van der Waals surface area contributed by atoms with Gasteiger partial charge in [-0.1, -0.05) is 66.2 Å². The smallest absolute Gasteiger partial charge is 0.254 e. The number of amides is 2. The lowest BCUT2D eigenvalue weighted by Gasteiger charge is -2.31. The van der Waals surface area contributed by atoms with Gasteiger partial charge in [-0.15, -0.1) is 0 Å². The van der Waals surface area contributed by atoms with Gasteiger partial charge in [0.15, 0.2) is 0 Å². The van der Waals surface area contributed by atoms with Crippen LogP contribution in [-0.2, 0) is 24.2 Å². The summed E-state index contributed by atoms with van der Waals surface area (Å²) in [6.07, 6.45) is 1.54. The van der Waals surface area contributed by atoms with Crippen molar-refractivity contribution in [2.75, 3.05) is 19.6 Å². The first-order chi connectivity index (χ1) is 15.1. The number of carbonyl (C=O) groups is 2. The molecule has 0 radical (unpaired) electrons. The fraction of sp³-hybridized carbons (Fsp3) is 0.231. The van der Waals surface area contributed by atoms with Crippen molar-refractivity contribution in [1.29, 1.82) is 0 Å². The molecule has 158 valence electrons. The highest BCUT2D eigenvalue weighted by molar-refractivity contribution is 6.30. The van der Waals surface area contributed by atoms with Gasteiger partial charge in [0.05, 0.1) is 0 Å². The van der Waals surface area contributed by atoms with Crippen molar-refractivity contribution in [1.82, 2.24) is 9.80 Å². The Morgan fingerprint density at radius 3 is 2.29 bits per heavy atom. The van der Waals surface area contributed by atoms with Crippen LogP contribution in [-0.4, -0.2) is 41.2 Å². The first-order valence-corrected chi connectivity index (χ1v) is 10.9. The Bertz CT molecular complexity index is 1050. The van der Waals surface area contributed by atoms with E-state index in [0.717, 1.165) is 12.0 Å². The van der Waals surface area contributed by atoms with Crippen molar-refractivity contribution < 1.29 is 9.59 Å². The quantitative estimate of drug-likeness (QED) is 0.570. The van der Waals surface area contributed by atoms with E-state index in [0.29, 0.717) is 36.6 Å². The summed E-state index contributed by atoms with van der Waals surface area (Å²) in [6.45, 7) is 1.81. The minimum absolute atomic E-state index is 0.0233. The number of rotatable bonds is 6. The van der Waals surface area contributed by atoms with Gasteiger partial charge in [-0.3, -0.25) is 9.59 Å². The van der Waals surface area contributed by atoms with Gasteiger partial charge in [0.1, 0.15) is 6.54 Å². The van der Waals surface area contributed by atoms with E-state index in [1.54, 1.807) is 29.2 Å². The summed E-state index contributed by atoms with van der Waals surface area (Å²) in [5.41, 5.74) is 4.15. The van der Waals surface area contributed by atoms with Crippen LogP contribution in [0.1, 0.15) is 27.0 Å². The van der Waals surface area contributed by atoms with Crippen LogP contribution < -0.4 is 0 Å². The summed E-state index contributed by atoms with van der Waals surface area (Å²) >= 11 is 5.98. The number of hydrogen-bond donors (Lipinski definition) is 0. The molecule has 4 nitrogen and oxygen atoms in total. The van der Waals surface area contributed by atoms with Crippen molar-refractivity contribution in [3.05, 3.63) is 106 Å². The highest BCUT2D eigenvalue weighted by Gasteiger charge is 2.25. The van der Waals surface area contributed by atoms with Crippen LogP contribution in [0.3, 0.4) is 0 Å². The molecule has 0 spiro atoms.